The predicted octanol–water partition coefficient (Wildman–Crippen LogP) is 2.25. The summed E-state index contributed by atoms with van der Waals surface area (Å²) in [6.07, 6.45) is 2.78. The first-order valence-corrected chi connectivity index (χ1v) is 7.86. The number of carbonyl (C=O) groups is 1. The van der Waals surface area contributed by atoms with Crippen LogP contribution in [0.2, 0.25) is 0 Å². The highest BCUT2D eigenvalue weighted by Gasteiger charge is 2.27. The van der Waals surface area contributed by atoms with Gasteiger partial charge in [-0.25, -0.2) is 0 Å². The molecule has 1 aliphatic rings. The molecule has 1 fully saturated rings. The van der Waals surface area contributed by atoms with Gasteiger partial charge in [-0.1, -0.05) is 30.3 Å². The molecule has 1 heterocycles. The molecule has 1 amide bonds. The van der Waals surface area contributed by atoms with Crippen molar-refractivity contribution in [2.24, 2.45) is 11.7 Å². The zero-order chi connectivity index (χ0) is 15.1. The summed E-state index contributed by atoms with van der Waals surface area (Å²) in [7, 11) is 0. The van der Waals surface area contributed by atoms with Crippen molar-refractivity contribution in [3.05, 3.63) is 35.9 Å². The van der Waals surface area contributed by atoms with Crippen LogP contribution < -0.4 is 5.73 Å². The quantitative estimate of drug-likeness (QED) is 0.872. The lowest BCUT2D eigenvalue weighted by Crippen LogP contribution is -2.49. The molecule has 0 aliphatic carbocycles. The summed E-state index contributed by atoms with van der Waals surface area (Å²) in [6, 6.07) is 9.51. The van der Waals surface area contributed by atoms with Gasteiger partial charge in [0.25, 0.3) is 0 Å². The maximum absolute atomic E-state index is 12.5. The molecule has 4 nitrogen and oxygen atoms in total. The Morgan fingerprint density at radius 3 is 2.82 bits per heavy atom. The predicted molar refractivity (Wildman–Crippen MR) is 91.2 cm³/mol. The van der Waals surface area contributed by atoms with E-state index in [1.54, 1.807) is 0 Å². The van der Waals surface area contributed by atoms with Crippen molar-refractivity contribution in [1.29, 1.82) is 0 Å². The molecule has 0 saturated carbocycles. The maximum atomic E-state index is 12.5. The molecule has 1 saturated heterocycles. The topological polar surface area (TPSA) is 55.6 Å². The van der Waals surface area contributed by atoms with E-state index in [0.29, 0.717) is 12.3 Å². The number of halogens is 1. The molecule has 2 rings (SSSR count). The Kier molecular flexibility index (Phi) is 8.46. The van der Waals surface area contributed by atoms with Crippen LogP contribution in [0.4, 0.5) is 0 Å². The Labute approximate surface area is 139 Å². The minimum Gasteiger partial charge on any atom is -0.381 e. The molecule has 1 aliphatic heterocycles. The van der Waals surface area contributed by atoms with E-state index in [1.165, 1.54) is 0 Å². The zero-order valence-corrected chi connectivity index (χ0v) is 14.1. The van der Waals surface area contributed by atoms with Crippen molar-refractivity contribution in [1.82, 2.24) is 4.90 Å². The summed E-state index contributed by atoms with van der Waals surface area (Å²) in [5, 5.41) is 0. The van der Waals surface area contributed by atoms with Gasteiger partial charge in [-0.3, -0.25) is 4.79 Å². The number of piperidine rings is 1. The monoisotopic (exact) mass is 326 g/mol. The first-order chi connectivity index (χ1) is 10.2. The highest BCUT2D eigenvalue weighted by molar-refractivity contribution is 5.85. The summed E-state index contributed by atoms with van der Waals surface area (Å²) < 4.78 is 5.49. The second kappa shape index (κ2) is 9.82. The fourth-order valence-electron chi connectivity index (χ4n) is 2.88. The van der Waals surface area contributed by atoms with Gasteiger partial charge in [-0.2, -0.15) is 0 Å². The van der Waals surface area contributed by atoms with Gasteiger partial charge in [-0.15, -0.1) is 12.4 Å². The van der Waals surface area contributed by atoms with E-state index in [4.69, 9.17) is 10.5 Å². The van der Waals surface area contributed by atoms with Gasteiger partial charge in [0.05, 0.1) is 12.6 Å². The number of carbonyl (C=O) groups excluding carboxylic acids is 1. The van der Waals surface area contributed by atoms with Gasteiger partial charge in [-0.05, 0) is 37.7 Å². The van der Waals surface area contributed by atoms with E-state index in [1.807, 2.05) is 42.2 Å². The second-order valence-corrected chi connectivity index (χ2v) is 5.75. The van der Waals surface area contributed by atoms with Gasteiger partial charge in [0.15, 0.2) is 0 Å². The normalized spacial score (nSPS) is 19.4. The third-order valence-corrected chi connectivity index (χ3v) is 4.00. The molecule has 1 unspecified atom stereocenters. The van der Waals surface area contributed by atoms with E-state index in [9.17, 15) is 4.79 Å². The van der Waals surface area contributed by atoms with Crippen molar-refractivity contribution >= 4 is 18.3 Å². The Hall–Kier alpha value is -1.10. The Morgan fingerprint density at radius 1 is 1.41 bits per heavy atom. The highest BCUT2D eigenvalue weighted by Crippen LogP contribution is 2.18. The molecular weight excluding hydrogens is 300 g/mol. The summed E-state index contributed by atoms with van der Waals surface area (Å²) in [4.78, 5) is 14.4. The van der Waals surface area contributed by atoms with Gasteiger partial charge >= 0.3 is 0 Å². The van der Waals surface area contributed by atoms with Gasteiger partial charge in [0.2, 0.25) is 5.91 Å². The molecule has 0 aromatic heterocycles. The van der Waals surface area contributed by atoms with Crippen molar-refractivity contribution in [3.8, 4) is 0 Å². The van der Waals surface area contributed by atoms with Crippen molar-refractivity contribution in [3.63, 3.8) is 0 Å². The lowest BCUT2D eigenvalue weighted by Gasteiger charge is -2.34. The summed E-state index contributed by atoms with van der Waals surface area (Å²) in [5.74, 6) is 0.520. The minimum absolute atomic E-state index is 0. The third kappa shape index (κ3) is 5.59. The van der Waals surface area contributed by atoms with E-state index in [0.717, 1.165) is 44.7 Å². The molecule has 1 aromatic rings. The van der Waals surface area contributed by atoms with Crippen LogP contribution in [0.1, 0.15) is 25.3 Å². The van der Waals surface area contributed by atoms with Crippen LogP contribution in [0.5, 0.6) is 0 Å². The lowest BCUT2D eigenvalue weighted by molar-refractivity contribution is -0.134. The molecule has 22 heavy (non-hydrogen) atoms. The Bertz CT molecular complexity index is 442. The van der Waals surface area contributed by atoms with E-state index in [2.05, 4.69) is 0 Å². The fraction of sp³-hybridized carbons (Fsp3) is 0.588. The Balaban J connectivity index is 0.00000242. The number of amides is 1. The molecule has 2 N–H and O–H groups in total. The summed E-state index contributed by atoms with van der Waals surface area (Å²) in [6.45, 7) is 5.08. The van der Waals surface area contributed by atoms with Crippen LogP contribution in [-0.4, -0.2) is 43.2 Å². The molecule has 0 radical (unpaired) electrons. The molecule has 0 spiro atoms. The molecule has 1 aromatic carbocycles. The van der Waals surface area contributed by atoms with Crippen LogP contribution in [0.3, 0.4) is 0 Å². The van der Waals surface area contributed by atoms with Crippen LogP contribution in [0, 0.1) is 5.92 Å². The largest absolute Gasteiger partial charge is 0.381 e. The number of nitrogens with zero attached hydrogens (tertiary/aromatic N) is 1. The molecule has 0 bridgehead atoms. The van der Waals surface area contributed by atoms with E-state index >= 15 is 0 Å². The number of hydrogen-bond donors (Lipinski definition) is 1. The minimum atomic E-state index is -0.446. The molecule has 2 atom stereocenters. The van der Waals surface area contributed by atoms with Gasteiger partial charge in [0, 0.05) is 19.7 Å². The summed E-state index contributed by atoms with van der Waals surface area (Å²) >= 11 is 0. The van der Waals surface area contributed by atoms with Crippen molar-refractivity contribution < 1.29 is 9.53 Å². The van der Waals surface area contributed by atoms with E-state index < -0.39 is 6.04 Å². The first-order valence-electron chi connectivity index (χ1n) is 7.86. The number of likely N-dealkylation sites (tertiary alicyclic amines) is 1. The average Bonchev–Trinajstić information content (AvgIpc) is 2.53. The smallest absolute Gasteiger partial charge is 0.239 e. The standard InChI is InChI=1S/C17H26N2O2.ClH/c1-2-21-13-15-9-6-10-19(12-15)17(20)16(18)11-14-7-4-3-5-8-14;/h3-5,7-8,15-16H,2,6,9-13,18H2,1H3;1H/t15?,16-;/m0./s1. The Morgan fingerprint density at radius 2 is 2.14 bits per heavy atom. The van der Waals surface area contributed by atoms with E-state index in [-0.39, 0.29) is 18.3 Å². The number of ether oxygens (including phenoxy) is 1. The number of hydrogen-bond acceptors (Lipinski definition) is 3. The molecule has 124 valence electrons. The number of rotatable bonds is 6. The first kappa shape index (κ1) is 18.9. The van der Waals surface area contributed by atoms with Crippen LogP contribution in [-0.2, 0) is 16.0 Å². The van der Waals surface area contributed by atoms with Crippen LogP contribution in [0.15, 0.2) is 30.3 Å². The highest BCUT2D eigenvalue weighted by atomic mass is 35.5. The molecule has 5 heteroatoms. The van der Waals surface area contributed by atoms with Crippen LogP contribution in [0.25, 0.3) is 0 Å². The van der Waals surface area contributed by atoms with Gasteiger partial charge in [0.1, 0.15) is 0 Å². The average molecular weight is 327 g/mol. The summed E-state index contributed by atoms with van der Waals surface area (Å²) in [5.41, 5.74) is 7.22. The third-order valence-electron chi connectivity index (χ3n) is 4.00. The second-order valence-electron chi connectivity index (χ2n) is 5.75. The number of benzene rings is 1. The SMILES string of the molecule is CCOCC1CCCN(C(=O)[C@@H](N)Cc2ccccc2)C1.Cl. The fourth-order valence-corrected chi connectivity index (χ4v) is 2.88. The lowest BCUT2D eigenvalue weighted by atomic mass is 9.97. The van der Waals surface area contributed by atoms with Crippen molar-refractivity contribution in [2.45, 2.75) is 32.2 Å². The molecular formula is C17H27ClN2O2. The van der Waals surface area contributed by atoms with Crippen LogP contribution >= 0.6 is 12.4 Å². The zero-order valence-electron chi connectivity index (χ0n) is 13.2. The number of nitrogens with two attached hydrogens (primary N) is 1. The van der Waals surface area contributed by atoms with Gasteiger partial charge < -0.3 is 15.4 Å². The van der Waals surface area contributed by atoms with Crippen molar-refractivity contribution in [2.75, 3.05) is 26.3 Å². The maximum Gasteiger partial charge on any atom is 0.239 e.